The Labute approximate surface area is 524 Å². The van der Waals surface area contributed by atoms with Crippen molar-refractivity contribution in [2.24, 2.45) is 22.7 Å². The number of fused-ring (bicyclic) bond motifs is 5. The van der Waals surface area contributed by atoms with E-state index in [1.807, 2.05) is 37.3 Å². The van der Waals surface area contributed by atoms with Gasteiger partial charge in [0.2, 0.25) is 0 Å². The second-order valence-electron chi connectivity index (χ2n) is 27.1. The number of carbonyl (C=O) groups excluding carboxylic acids is 1. The fourth-order valence-electron chi connectivity index (χ4n) is 17.1. The maximum Gasteiger partial charge on any atom is 0.331 e. The van der Waals surface area contributed by atoms with Crippen LogP contribution in [0, 0.1) is 22.7 Å². The van der Waals surface area contributed by atoms with E-state index in [0.29, 0.717) is 32.1 Å². The van der Waals surface area contributed by atoms with Crippen molar-refractivity contribution >= 4 is 12.0 Å². The normalized spacial score (nSPS) is 51.0. The molecule has 12 N–H and O–H groups in total. The minimum absolute atomic E-state index is 0.000454. The number of hydrogen-bond acceptors (Lipinski definition) is 27. The molecule has 4 saturated carbocycles. The van der Waals surface area contributed by atoms with E-state index in [9.17, 15) is 66.1 Å². The van der Waals surface area contributed by atoms with Crippen molar-refractivity contribution in [1.29, 1.82) is 0 Å². The molecule has 5 saturated heterocycles. The number of hydrogen-bond donors (Lipinski definition) is 12. The number of methoxy groups -OCH3 is 3. The van der Waals surface area contributed by atoms with Crippen LogP contribution in [0.2, 0.25) is 0 Å². The number of rotatable bonds is 19. The van der Waals surface area contributed by atoms with Gasteiger partial charge in [-0.3, -0.25) is 0 Å². The van der Waals surface area contributed by atoms with E-state index >= 15 is 0 Å². The summed E-state index contributed by atoms with van der Waals surface area (Å²) in [7, 11) is 4.43. The number of carbonyl (C=O) groups is 1. The summed E-state index contributed by atoms with van der Waals surface area (Å²) >= 11 is 0. The van der Waals surface area contributed by atoms with Crippen molar-refractivity contribution in [3.05, 3.63) is 42.0 Å². The standard InChI is InChI=1S/C63H98O27/c1-29-51(87-44-25-37(78-8)52(30(2)81-44)88-58-50(73)55(79-9)53(31(3)82-58)89-57-49(72)47(70)54(39(28-65)85-57)90-56-48(71)46(69)45(68)38(27-64)84-56)36(77-7)24-43(80-29)83-35-18-19-59(5)34(23-35)17-20-62(75)40(59)26-41(86-42(67)16-15-33-13-11-10-12-14-33)60(6)61(74,32(4)66)21-22-63(60,62)76/h10-16,29-32,34-41,43-58,64-66,68-76H,17-28H2,1-9H3/b16-15+/t29-,30-,31-,32+,34+,35+,36+,37-,38-,39-,40-,41-,43+,44+,45-,46+,47-,48-,49-,50-,51-,52-,53-,54-,55-,56+,57+,58+,59+,60-,61-,62+,63-/m1/s1. The summed E-state index contributed by atoms with van der Waals surface area (Å²) in [5.74, 6) is -1.15. The van der Waals surface area contributed by atoms with Gasteiger partial charge in [0.15, 0.2) is 31.5 Å². The summed E-state index contributed by atoms with van der Waals surface area (Å²) in [6.45, 7) is 8.97. The van der Waals surface area contributed by atoms with Crippen molar-refractivity contribution in [1.82, 2.24) is 0 Å². The number of esters is 1. The molecule has 33 atom stereocenters. The number of ether oxygens (including phenoxy) is 14. The fourth-order valence-corrected chi connectivity index (χ4v) is 17.1. The molecule has 0 unspecified atom stereocenters. The molecule has 512 valence electrons. The predicted molar refractivity (Wildman–Crippen MR) is 309 cm³/mol. The third-order valence-corrected chi connectivity index (χ3v) is 22.4. The minimum atomic E-state index is -1.91. The van der Waals surface area contributed by atoms with Crippen molar-refractivity contribution < 1.29 is 132 Å². The zero-order chi connectivity index (χ0) is 65.2. The molecular formula is C63H98O27. The molecule has 9 fully saturated rings. The zero-order valence-electron chi connectivity index (χ0n) is 52.7. The van der Waals surface area contributed by atoms with E-state index in [0.717, 1.165) is 5.56 Å². The van der Waals surface area contributed by atoms with E-state index in [4.69, 9.17) is 66.3 Å². The largest absolute Gasteiger partial charge is 0.458 e. The second kappa shape index (κ2) is 27.9. The highest BCUT2D eigenvalue weighted by Crippen LogP contribution is 2.72. The lowest BCUT2D eigenvalue weighted by Gasteiger charge is -2.69. The van der Waals surface area contributed by atoms with Crippen LogP contribution in [0.3, 0.4) is 0 Å². The Balaban J connectivity index is 0.729. The molecule has 0 aromatic heterocycles. The molecule has 1 aromatic rings. The van der Waals surface area contributed by atoms with Crippen molar-refractivity contribution in [2.45, 2.75) is 282 Å². The molecule has 5 aliphatic heterocycles. The third kappa shape index (κ3) is 12.5. The van der Waals surface area contributed by atoms with Gasteiger partial charge in [-0.15, -0.1) is 0 Å². The van der Waals surface area contributed by atoms with Crippen LogP contribution in [-0.2, 0) is 71.1 Å². The average molecular weight is 1290 g/mol. The first-order chi connectivity index (χ1) is 42.6. The molecule has 90 heavy (non-hydrogen) atoms. The van der Waals surface area contributed by atoms with Gasteiger partial charge < -0.3 is 128 Å². The van der Waals surface area contributed by atoms with Crippen LogP contribution in [-0.4, -0.2) is 278 Å². The molecule has 0 spiro atoms. The summed E-state index contributed by atoms with van der Waals surface area (Å²) in [4.78, 5) is 13.7. The molecule has 9 aliphatic rings. The Morgan fingerprint density at radius 2 is 1.17 bits per heavy atom. The Hall–Kier alpha value is -2.57. The SMILES string of the molecule is CO[C@@H]1[C@@H](O)[C@H](O[C@@H]2[C@@H](C)O[C@@H](O[C@H]3[C@@H](OC)C[C@H](O[C@H]4CC[C@@]5(C)[C@@H](CC[C@]6(O)[C@@H]5C[C@@H](OC(=O)/C=C/c5ccccc5)[C@@]5(C)[C@]6(O)CC[C@@]5(O)[C@H](C)O)C4)O[C@@H]3C)C[C@H]2OC)O[C@H](C)[C@H]1O[C@@H]1O[C@H](CO)[C@@H](O[C@@H]2O[C@H](CO)[C@@H](O)[C@H](O)[C@H]2O)[C@H](O)[C@H]1O. The van der Waals surface area contributed by atoms with Crippen LogP contribution in [0.5, 0.6) is 0 Å². The van der Waals surface area contributed by atoms with Crippen LogP contribution >= 0.6 is 0 Å². The van der Waals surface area contributed by atoms with E-state index in [-0.39, 0.29) is 44.1 Å². The molecule has 4 aliphatic carbocycles. The number of aliphatic hydroxyl groups excluding tert-OH is 9. The molecular weight excluding hydrogens is 1190 g/mol. The van der Waals surface area contributed by atoms with Gasteiger partial charge in [-0.1, -0.05) is 44.2 Å². The smallest absolute Gasteiger partial charge is 0.331 e. The predicted octanol–water partition coefficient (Wildman–Crippen LogP) is -0.809. The lowest BCUT2D eigenvalue weighted by molar-refractivity contribution is -0.385. The van der Waals surface area contributed by atoms with Gasteiger partial charge in [0.05, 0.1) is 67.0 Å². The Morgan fingerprint density at radius 3 is 1.78 bits per heavy atom. The number of benzene rings is 1. The first-order valence-electron chi connectivity index (χ1n) is 31.9. The summed E-state index contributed by atoms with van der Waals surface area (Å²) in [6.07, 6.45) is -24.5. The number of aliphatic hydroxyl groups is 12. The Kier molecular flexibility index (Phi) is 21.8. The molecule has 1 aromatic carbocycles. The quantitative estimate of drug-likeness (QED) is 0.0458. The topological polar surface area (TPSA) is 389 Å². The second-order valence-corrected chi connectivity index (χ2v) is 27.1. The van der Waals surface area contributed by atoms with Crippen molar-refractivity contribution in [3.8, 4) is 0 Å². The molecule has 0 bridgehead atoms. The first-order valence-corrected chi connectivity index (χ1v) is 31.9. The van der Waals surface area contributed by atoms with Gasteiger partial charge in [-0.25, -0.2) is 4.79 Å². The molecule has 27 nitrogen and oxygen atoms in total. The first kappa shape index (κ1) is 70.2. The zero-order valence-corrected chi connectivity index (χ0v) is 52.7. The van der Waals surface area contributed by atoms with Gasteiger partial charge >= 0.3 is 5.97 Å². The van der Waals surface area contributed by atoms with Crippen LogP contribution in [0.4, 0.5) is 0 Å². The summed E-state index contributed by atoms with van der Waals surface area (Å²) in [5.41, 5.74) is -6.81. The van der Waals surface area contributed by atoms with Crippen LogP contribution < -0.4 is 0 Å². The molecule has 10 rings (SSSR count). The lowest BCUT2D eigenvalue weighted by Crippen LogP contribution is -2.79. The molecule has 27 heteroatoms. The highest BCUT2D eigenvalue weighted by molar-refractivity contribution is 5.87. The van der Waals surface area contributed by atoms with Crippen LogP contribution in [0.1, 0.15) is 111 Å². The van der Waals surface area contributed by atoms with Crippen LogP contribution in [0.15, 0.2) is 36.4 Å². The van der Waals surface area contributed by atoms with Gasteiger partial charge in [-0.2, -0.15) is 0 Å². The van der Waals surface area contributed by atoms with Gasteiger partial charge in [0, 0.05) is 40.2 Å². The maximum absolute atomic E-state index is 13.7. The summed E-state index contributed by atoms with van der Waals surface area (Å²) in [5, 5.41) is 135. The highest BCUT2D eigenvalue weighted by atomic mass is 16.8. The van der Waals surface area contributed by atoms with Crippen molar-refractivity contribution in [2.75, 3.05) is 34.5 Å². The Morgan fingerprint density at radius 1 is 0.600 bits per heavy atom. The maximum atomic E-state index is 13.7. The minimum Gasteiger partial charge on any atom is -0.458 e. The fraction of sp³-hybridized carbons (Fsp3) is 0.857. The lowest BCUT2D eigenvalue weighted by atomic mass is 9.40. The van der Waals surface area contributed by atoms with E-state index in [1.165, 1.54) is 27.2 Å². The molecule has 0 radical (unpaired) electrons. The van der Waals surface area contributed by atoms with Crippen molar-refractivity contribution in [3.63, 3.8) is 0 Å². The van der Waals surface area contributed by atoms with Crippen LogP contribution in [0.25, 0.3) is 6.08 Å². The van der Waals surface area contributed by atoms with Gasteiger partial charge in [-0.05, 0) is 108 Å². The van der Waals surface area contributed by atoms with E-state index in [1.54, 1.807) is 34.0 Å². The Bertz CT molecular complexity index is 2550. The third-order valence-electron chi connectivity index (χ3n) is 22.4. The molecule has 0 amide bonds. The highest BCUT2D eigenvalue weighted by Gasteiger charge is 2.81. The summed E-state index contributed by atoms with van der Waals surface area (Å²) in [6, 6.07) is 9.28. The van der Waals surface area contributed by atoms with Gasteiger partial charge in [0.25, 0.3) is 0 Å². The monoisotopic (exact) mass is 1290 g/mol. The van der Waals surface area contributed by atoms with Gasteiger partial charge in [0.1, 0.15) is 96.7 Å². The average Bonchev–Trinajstić information content (AvgIpc) is 1.33. The van der Waals surface area contributed by atoms with E-state index < -0.39 is 206 Å². The molecule has 5 heterocycles. The summed E-state index contributed by atoms with van der Waals surface area (Å²) < 4.78 is 86.2. The van der Waals surface area contributed by atoms with E-state index in [2.05, 4.69) is 6.92 Å².